The first-order valence-corrected chi connectivity index (χ1v) is 7.52. The number of carboxylic acid groups (broad SMARTS) is 1. The molecular weight excluding hydrogens is 346 g/mol. The van der Waals surface area contributed by atoms with Crippen molar-refractivity contribution in [3.8, 4) is 0 Å². The molecule has 3 N–H and O–H groups in total. The van der Waals surface area contributed by atoms with E-state index in [4.69, 9.17) is 16.7 Å². The van der Waals surface area contributed by atoms with Crippen LogP contribution in [0.2, 0.25) is 5.02 Å². The Kier molecular flexibility index (Phi) is 6.25. The molecule has 0 aromatic heterocycles. The van der Waals surface area contributed by atoms with Crippen molar-refractivity contribution in [1.29, 1.82) is 0 Å². The number of nitrogens with one attached hydrogen (secondary N) is 2. The summed E-state index contributed by atoms with van der Waals surface area (Å²) in [4.78, 5) is 34.0. The number of carbonyl (C=O) groups is 3. The SMILES string of the molecule is O=C(NCc1ccc(Cl)cc1)C(=O)NN=Cc1ccc(C(=O)O)cc1. The van der Waals surface area contributed by atoms with E-state index in [2.05, 4.69) is 15.8 Å². The van der Waals surface area contributed by atoms with E-state index in [9.17, 15) is 14.4 Å². The lowest BCUT2D eigenvalue weighted by Crippen LogP contribution is -2.37. The van der Waals surface area contributed by atoms with Crippen molar-refractivity contribution >= 4 is 35.6 Å². The van der Waals surface area contributed by atoms with Crippen LogP contribution in [0, 0.1) is 0 Å². The van der Waals surface area contributed by atoms with Gasteiger partial charge < -0.3 is 10.4 Å². The molecule has 128 valence electrons. The number of halogens is 1. The number of rotatable bonds is 5. The number of carboxylic acids is 1. The first-order chi connectivity index (χ1) is 12.0. The second kappa shape index (κ2) is 8.60. The number of hydrogen-bond donors (Lipinski definition) is 3. The Bertz CT molecular complexity index is 802. The molecule has 7 nitrogen and oxygen atoms in total. The molecule has 0 saturated carbocycles. The molecule has 0 atom stereocenters. The summed E-state index contributed by atoms with van der Waals surface area (Å²) in [6.45, 7) is 0.184. The van der Waals surface area contributed by atoms with Crippen LogP contribution in [0.3, 0.4) is 0 Å². The largest absolute Gasteiger partial charge is 0.478 e. The lowest BCUT2D eigenvalue weighted by atomic mass is 10.1. The monoisotopic (exact) mass is 359 g/mol. The third-order valence-corrected chi connectivity index (χ3v) is 3.36. The molecule has 8 heteroatoms. The Labute approximate surface area is 148 Å². The van der Waals surface area contributed by atoms with Crippen LogP contribution in [-0.2, 0) is 16.1 Å². The lowest BCUT2D eigenvalue weighted by molar-refractivity contribution is -0.139. The van der Waals surface area contributed by atoms with Gasteiger partial charge in [0.1, 0.15) is 0 Å². The van der Waals surface area contributed by atoms with Crippen LogP contribution in [0.25, 0.3) is 0 Å². The molecule has 2 aromatic rings. The van der Waals surface area contributed by atoms with Gasteiger partial charge >= 0.3 is 17.8 Å². The first kappa shape index (κ1) is 18.2. The van der Waals surface area contributed by atoms with Gasteiger partial charge in [0.25, 0.3) is 0 Å². The molecule has 0 aliphatic heterocycles. The third kappa shape index (κ3) is 5.74. The topological polar surface area (TPSA) is 108 Å². The van der Waals surface area contributed by atoms with E-state index < -0.39 is 17.8 Å². The Morgan fingerprint density at radius 3 is 2.24 bits per heavy atom. The maximum atomic E-state index is 11.7. The maximum Gasteiger partial charge on any atom is 0.335 e. The molecule has 2 rings (SSSR count). The Hall–Kier alpha value is -3.19. The molecule has 0 fully saturated rings. The van der Waals surface area contributed by atoms with Crippen molar-refractivity contribution in [2.45, 2.75) is 6.54 Å². The Morgan fingerprint density at radius 2 is 1.64 bits per heavy atom. The molecule has 2 amide bonds. The van der Waals surface area contributed by atoms with Crippen LogP contribution in [0.4, 0.5) is 0 Å². The average Bonchev–Trinajstić information content (AvgIpc) is 2.61. The fraction of sp³-hybridized carbons (Fsp3) is 0.0588. The molecule has 2 aromatic carbocycles. The van der Waals surface area contributed by atoms with Gasteiger partial charge in [-0.05, 0) is 35.4 Å². The minimum Gasteiger partial charge on any atom is -0.478 e. The molecule has 0 heterocycles. The fourth-order valence-electron chi connectivity index (χ4n) is 1.79. The van der Waals surface area contributed by atoms with Crippen molar-refractivity contribution in [3.05, 3.63) is 70.2 Å². The fourth-order valence-corrected chi connectivity index (χ4v) is 1.92. The highest BCUT2D eigenvalue weighted by Crippen LogP contribution is 2.09. The predicted octanol–water partition coefficient (Wildman–Crippen LogP) is 1.80. The summed E-state index contributed by atoms with van der Waals surface area (Å²) in [5, 5.41) is 15.5. The first-order valence-electron chi connectivity index (χ1n) is 7.15. The van der Waals surface area contributed by atoms with Gasteiger partial charge in [-0.15, -0.1) is 0 Å². The minimum absolute atomic E-state index is 0.141. The zero-order valence-electron chi connectivity index (χ0n) is 12.9. The van der Waals surface area contributed by atoms with Crippen molar-refractivity contribution < 1.29 is 19.5 Å². The summed E-state index contributed by atoms with van der Waals surface area (Å²) >= 11 is 5.76. The van der Waals surface area contributed by atoms with Gasteiger partial charge in [-0.2, -0.15) is 5.10 Å². The van der Waals surface area contributed by atoms with E-state index in [1.165, 1.54) is 30.5 Å². The van der Waals surface area contributed by atoms with Crippen molar-refractivity contribution in [3.63, 3.8) is 0 Å². The van der Waals surface area contributed by atoms with E-state index in [0.717, 1.165) is 5.56 Å². The average molecular weight is 360 g/mol. The van der Waals surface area contributed by atoms with Crippen LogP contribution < -0.4 is 10.7 Å². The number of hydrogen-bond acceptors (Lipinski definition) is 4. The normalized spacial score (nSPS) is 10.4. The Balaban J connectivity index is 1.81. The van der Waals surface area contributed by atoms with Gasteiger partial charge in [-0.1, -0.05) is 35.9 Å². The smallest absolute Gasteiger partial charge is 0.335 e. The summed E-state index contributed by atoms with van der Waals surface area (Å²) in [5.41, 5.74) is 3.61. The number of amides is 2. The van der Waals surface area contributed by atoms with Gasteiger partial charge in [0, 0.05) is 11.6 Å². The van der Waals surface area contributed by atoms with Crippen molar-refractivity contribution in [1.82, 2.24) is 10.7 Å². The summed E-state index contributed by atoms with van der Waals surface area (Å²) in [6.07, 6.45) is 1.30. The standard InChI is InChI=1S/C17H14ClN3O4/c18-14-7-3-11(4-8-14)9-19-15(22)16(23)21-20-10-12-1-5-13(6-2-12)17(24)25/h1-8,10H,9H2,(H,19,22)(H,21,23)(H,24,25). The quantitative estimate of drug-likeness (QED) is 0.429. The minimum atomic E-state index is -1.03. The van der Waals surface area contributed by atoms with E-state index >= 15 is 0 Å². The highest BCUT2D eigenvalue weighted by molar-refractivity contribution is 6.35. The van der Waals surface area contributed by atoms with Gasteiger partial charge in [0.2, 0.25) is 0 Å². The van der Waals surface area contributed by atoms with Crippen LogP contribution in [0.15, 0.2) is 53.6 Å². The van der Waals surface area contributed by atoms with E-state index in [1.54, 1.807) is 24.3 Å². The zero-order chi connectivity index (χ0) is 18.2. The number of nitrogens with zero attached hydrogens (tertiary/aromatic N) is 1. The molecular formula is C17H14ClN3O4. The van der Waals surface area contributed by atoms with Crippen LogP contribution in [-0.4, -0.2) is 29.1 Å². The van der Waals surface area contributed by atoms with E-state index in [0.29, 0.717) is 10.6 Å². The summed E-state index contributed by atoms with van der Waals surface area (Å²) < 4.78 is 0. The summed E-state index contributed by atoms with van der Waals surface area (Å²) in [5.74, 6) is -2.77. The van der Waals surface area contributed by atoms with E-state index in [1.807, 2.05) is 0 Å². The Morgan fingerprint density at radius 1 is 1.00 bits per heavy atom. The molecule has 0 bridgehead atoms. The lowest BCUT2D eigenvalue weighted by Gasteiger charge is -2.04. The van der Waals surface area contributed by atoms with Crippen molar-refractivity contribution in [2.24, 2.45) is 5.10 Å². The number of aromatic carboxylic acids is 1. The van der Waals surface area contributed by atoms with E-state index in [-0.39, 0.29) is 12.1 Å². The molecule has 25 heavy (non-hydrogen) atoms. The number of carbonyl (C=O) groups excluding carboxylic acids is 2. The molecule has 0 radical (unpaired) electrons. The van der Waals surface area contributed by atoms with Gasteiger partial charge in [0.05, 0.1) is 11.8 Å². The van der Waals surface area contributed by atoms with Gasteiger partial charge in [-0.25, -0.2) is 10.2 Å². The highest BCUT2D eigenvalue weighted by atomic mass is 35.5. The van der Waals surface area contributed by atoms with Crippen LogP contribution in [0.5, 0.6) is 0 Å². The molecule has 0 unspecified atom stereocenters. The summed E-state index contributed by atoms with van der Waals surface area (Å²) in [6, 6.07) is 12.7. The number of hydrazone groups is 1. The summed E-state index contributed by atoms with van der Waals surface area (Å²) in [7, 11) is 0. The molecule has 0 aliphatic carbocycles. The van der Waals surface area contributed by atoms with Gasteiger partial charge in [0.15, 0.2) is 0 Å². The second-order valence-corrected chi connectivity index (χ2v) is 5.37. The van der Waals surface area contributed by atoms with Crippen LogP contribution in [0.1, 0.15) is 21.5 Å². The highest BCUT2D eigenvalue weighted by Gasteiger charge is 2.11. The second-order valence-electron chi connectivity index (χ2n) is 4.94. The molecule has 0 aliphatic rings. The molecule has 0 spiro atoms. The predicted molar refractivity (Wildman–Crippen MR) is 92.4 cm³/mol. The zero-order valence-corrected chi connectivity index (χ0v) is 13.7. The maximum absolute atomic E-state index is 11.7. The van der Waals surface area contributed by atoms with Crippen LogP contribution >= 0.6 is 11.6 Å². The number of benzene rings is 2. The van der Waals surface area contributed by atoms with Gasteiger partial charge in [-0.3, -0.25) is 9.59 Å². The van der Waals surface area contributed by atoms with Crippen molar-refractivity contribution in [2.75, 3.05) is 0 Å². The third-order valence-electron chi connectivity index (χ3n) is 3.11. The molecule has 0 saturated heterocycles.